The molecule has 1 N–H and O–H groups in total. The second kappa shape index (κ2) is 3.14. The molecular weight excluding hydrogens is 319 g/mol. The third kappa shape index (κ3) is 1.21. The Kier molecular flexibility index (Phi) is 2.42. The van der Waals surface area contributed by atoms with Crippen molar-refractivity contribution >= 4 is 38.3 Å². The number of imidazole rings is 1. The fraction of sp³-hybridized carbons (Fsp3) is 0. The van der Waals surface area contributed by atoms with Gasteiger partial charge in [0.05, 0.1) is 17.4 Å². The first-order valence-corrected chi connectivity index (χ1v) is 2.85. The van der Waals surface area contributed by atoms with Gasteiger partial charge in [-0.25, -0.2) is 4.98 Å². The summed E-state index contributed by atoms with van der Waals surface area (Å²) < 4.78 is 0. The van der Waals surface area contributed by atoms with Gasteiger partial charge in [0.15, 0.2) is 0 Å². The van der Waals surface area contributed by atoms with E-state index in [1.54, 1.807) is 6.33 Å². The quantitative estimate of drug-likeness (QED) is 0.707. The second-order valence-corrected chi connectivity index (χ2v) is 1.92. The zero-order valence-corrected chi connectivity index (χ0v) is 11.0. The Labute approximate surface area is 78.8 Å². The second-order valence-electron chi connectivity index (χ2n) is 1.92. The van der Waals surface area contributed by atoms with E-state index in [2.05, 4.69) is 9.97 Å². The number of nitrogens with one attached hydrogen (secondary N) is 1. The molecule has 3 heteroatoms. The Morgan fingerprint density at radius 3 is 2.80 bits per heavy atom. The van der Waals surface area contributed by atoms with Gasteiger partial charge in [-0.05, 0) is 12.1 Å². The van der Waals surface area contributed by atoms with Crippen molar-refractivity contribution in [2.45, 2.75) is 0 Å². The summed E-state index contributed by atoms with van der Waals surface area (Å²) in [6, 6.07) is 7.94. The summed E-state index contributed by atoms with van der Waals surface area (Å²) in [5.41, 5.74) is 2.12. The number of aromatic nitrogens is 2. The minimum Gasteiger partial charge on any atom is -0.345 e. The fourth-order valence-corrected chi connectivity index (χ4v) is 0.880. The molecule has 1 aromatic carbocycles. The molecule has 0 unspecified atom stereocenters. The fourth-order valence-electron chi connectivity index (χ4n) is 0.880. The molecule has 0 saturated heterocycles. The molecule has 0 aliphatic heterocycles. The molecular formula is C7H8N2Pb. The molecule has 10 heavy (non-hydrogen) atoms. The molecule has 0 atom stereocenters. The van der Waals surface area contributed by atoms with Gasteiger partial charge in [0.25, 0.3) is 0 Å². The van der Waals surface area contributed by atoms with Gasteiger partial charge in [0, 0.05) is 0 Å². The van der Waals surface area contributed by atoms with E-state index >= 15 is 0 Å². The van der Waals surface area contributed by atoms with Gasteiger partial charge in [-0.2, -0.15) is 0 Å². The van der Waals surface area contributed by atoms with Crippen molar-refractivity contribution in [3.8, 4) is 0 Å². The largest absolute Gasteiger partial charge is 0.345 e. The Hall–Kier alpha value is -0.388. The van der Waals surface area contributed by atoms with Gasteiger partial charge in [-0.15, -0.1) is 0 Å². The third-order valence-electron chi connectivity index (χ3n) is 1.33. The summed E-state index contributed by atoms with van der Waals surface area (Å²) in [4.78, 5) is 7.07. The third-order valence-corrected chi connectivity index (χ3v) is 1.33. The first kappa shape index (κ1) is 7.72. The van der Waals surface area contributed by atoms with Gasteiger partial charge >= 0.3 is 27.3 Å². The van der Waals surface area contributed by atoms with Crippen molar-refractivity contribution < 1.29 is 0 Å². The maximum Gasteiger partial charge on any atom is 0.0931 e. The average Bonchev–Trinajstić information content (AvgIpc) is 2.33. The standard InChI is InChI=1S/C7H6N2.Pb.2H/c1-2-4-7-6(3-1)8-5-9-7;;;/h1-5H,(H,8,9);;;. The van der Waals surface area contributed by atoms with Gasteiger partial charge in [0.2, 0.25) is 0 Å². The SMILES string of the molecule is [PbH2].c1ccc2[nH]cnc2c1. The summed E-state index contributed by atoms with van der Waals surface area (Å²) >= 11 is 0. The molecule has 0 aliphatic rings. The molecule has 1 aromatic heterocycles. The molecule has 0 aliphatic carbocycles. The number of aromatic amines is 1. The summed E-state index contributed by atoms with van der Waals surface area (Å²) in [7, 11) is 0. The van der Waals surface area contributed by atoms with Crippen molar-refractivity contribution in [1.29, 1.82) is 0 Å². The molecule has 1 heterocycles. The number of hydrogen-bond donors (Lipinski definition) is 1. The van der Waals surface area contributed by atoms with Crippen LogP contribution in [0.3, 0.4) is 0 Å². The predicted molar refractivity (Wildman–Crippen MR) is 44.6 cm³/mol. The molecule has 0 amide bonds. The number of nitrogens with zero attached hydrogens (tertiary/aromatic N) is 1. The molecule has 2 nitrogen and oxygen atoms in total. The van der Waals surface area contributed by atoms with Crippen LogP contribution in [0.1, 0.15) is 0 Å². The van der Waals surface area contributed by atoms with Crippen LogP contribution in [0, 0.1) is 0 Å². The molecule has 2 radical (unpaired) electrons. The van der Waals surface area contributed by atoms with E-state index in [1.165, 1.54) is 0 Å². The number of benzene rings is 1. The molecule has 0 spiro atoms. The zero-order chi connectivity index (χ0) is 6.10. The minimum atomic E-state index is 0. The van der Waals surface area contributed by atoms with Crippen LogP contribution in [-0.2, 0) is 0 Å². The maximum atomic E-state index is 4.06. The maximum absolute atomic E-state index is 4.06. The van der Waals surface area contributed by atoms with Crippen molar-refractivity contribution in [2.75, 3.05) is 0 Å². The first-order chi connectivity index (χ1) is 4.47. The number of H-pyrrole nitrogens is 1. The van der Waals surface area contributed by atoms with E-state index in [4.69, 9.17) is 0 Å². The molecule has 0 fully saturated rings. The van der Waals surface area contributed by atoms with Crippen molar-refractivity contribution in [3.63, 3.8) is 0 Å². The van der Waals surface area contributed by atoms with Crippen molar-refractivity contribution in [2.24, 2.45) is 0 Å². The van der Waals surface area contributed by atoms with Crippen LogP contribution >= 0.6 is 0 Å². The van der Waals surface area contributed by atoms with E-state index in [-0.39, 0.29) is 27.3 Å². The van der Waals surface area contributed by atoms with Crippen LogP contribution in [0.4, 0.5) is 0 Å². The van der Waals surface area contributed by atoms with Crippen LogP contribution in [-0.4, -0.2) is 37.3 Å². The Morgan fingerprint density at radius 1 is 1.20 bits per heavy atom. The molecule has 2 aromatic rings. The monoisotopic (exact) mass is 328 g/mol. The molecule has 50 valence electrons. The smallest absolute Gasteiger partial charge is 0.0931 e. The Balaban J connectivity index is 0.000000500. The van der Waals surface area contributed by atoms with Gasteiger partial charge in [0.1, 0.15) is 0 Å². The van der Waals surface area contributed by atoms with Gasteiger partial charge in [-0.3, -0.25) is 0 Å². The summed E-state index contributed by atoms with van der Waals surface area (Å²) in [6.45, 7) is 0. The molecule has 0 saturated carbocycles. The number of rotatable bonds is 0. The normalized spacial score (nSPS) is 9.20. The van der Waals surface area contributed by atoms with Crippen LogP contribution < -0.4 is 0 Å². The molecule has 0 bridgehead atoms. The van der Waals surface area contributed by atoms with Crippen molar-refractivity contribution in [1.82, 2.24) is 9.97 Å². The predicted octanol–water partition coefficient (Wildman–Crippen LogP) is 0.647. The summed E-state index contributed by atoms with van der Waals surface area (Å²) in [5, 5.41) is 0. The average molecular weight is 327 g/mol. The first-order valence-electron chi connectivity index (χ1n) is 2.85. The topological polar surface area (TPSA) is 28.7 Å². The van der Waals surface area contributed by atoms with Gasteiger partial charge < -0.3 is 4.98 Å². The van der Waals surface area contributed by atoms with Crippen LogP contribution in [0.25, 0.3) is 11.0 Å². The summed E-state index contributed by atoms with van der Waals surface area (Å²) in [6.07, 6.45) is 1.70. The summed E-state index contributed by atoms with van der Waals surface area (Å²) in [5.74, 6) is 0. The van der Waals surface area contributed by atoms with E-state index < -0.39 is 0 Å². The van der Waals surface area contributed by atoms with Crippen molar-refractivity contribution in [3.05, 3.63) is 30.6 Å². The van der Waals surface area contributed by atoms with E-state index in [1.807, 2.05) is 24.3 Å². The van der Waals surface area contributed by atoms with Gasteiger partial charge in [-0.1, -0.05) is 12.1 Å². The Morgan fingerprint density at radius 2 is 2.00 bits per heavy atom. The number of para-hydroxylation sites is 2. The number of hydrogen-bond acceptors (Lipinski definition) is 1. The Bertz CT molecular complexity index is 286. The number of fused-ring (bicyclic) bond motifs is 1. The van der Waals surface area contributed by atoms with Crippen LogP contribution in [0.15, 0.2) is 30.6 Å². The van der Waals surface area contributed by atoms with Crippen LogP contribution in [0.5, 0.6) is 0 Å². The molecule has 2 rings (SSSR count). The zero-order valence-electron chi connectivity index (χ0n) is 5.54. The van der Waals surface area contributed by atoms with E-state index in [0.717, 1.165) is 11.0 Å². The minimum absolute atomic E-state index is 0. The van der Waals surface area contributed by atoms with Crippen LogP contribution in [0.2, 0.25) is 0 Å². The van der Waals surface area contributed by atoms with E-state index in [0.29, 0.717) is 0 Å². The van der Waals surface area contributed by atoms with E-state index in [9.17, 15) is 0 Å².